The lowest BCUT2D eigenvalue weighted by molar-refractivity contribution is -0.146. The van der Waals surface area contributed by atoms with Crippen molar-refractivity contribution < 1.29 is 43.2 Å². The predicted molar refractivity (Wildman–Crippen MR) is 175 cm³/mol. The van der Waals surface area contributed by atoms with Crippen LogP contribution in [0.5, 0.6) is 11.5 Å². The molecule has 0 radical (unpaired) electrons. The van der Waals surface area contributed by atoms with Gasteiger partial charge >= 0.3 is 12.1 Å². The summed E-state index contributed by atoms with van der Waals surface area (Å²) in [6, 6.07) is 4.17. The average Bonchev–Trinajstić information content (AvgIpc) is 3.60. The highest BCUT2D eigenvalue weighted by Gasteiger charge is 2.46. The maximum atomic E-state index is 13.7. The number of esters is 1. The van der Waals surface area contributed by atoms with Gasteiger partial charge in [0.15, 0.2) is 17.7 Å². The minimum atomic E-state index is -1.34. The molecule has 2 atom stereocenters. The molecule has 0 saturated carbocycles. The summed E-state index contributed by atoms with van der Waals surface area (Å²) < 4.78 is 24.1. The minimum absolute atomic E-state index is 0.0860. The summed E-state index contributed by atoms with van der Waals surface area (Å²) in [6.45, 7) is 12.8. The second-order valence-electron chi connectivity index (χ2n) is 14.3. The van der Waals surface area contributed by atoms with Gasteiger partial charge in [0.1, 0.15) is 11.0 Å². The summed E-state index contributed by atoms with van der Waals surface area (Å²) in [5.41, 5.74) is -1.10. The quantitative estimate of drug-likeness (QED) is 0.370. The number of hydrogen-bond acceptors (Lipinski definition) is 9. The second-order valence-corrected chi connectivity index (χ2v) is 14.3. The summed E-state index contributed by atoms with van der Waals surface area (Å²) in [6.07, 6.45) is 1.13. The lowest BCUT2D eigenvalue weighted by Gasteiger charge is -2.33. The molecule has 2 aromatic rings. The fourth-order valence-electron chi connectivity index (χ4n) is 5.98. The average molecular weight is 657 g/mol. The van der Waals surface area contributed by atoms with E-state index >= 15 is 0 Å². The molecule has 1 fully saturated rings. The van der Waals surface area contributed by atoms with Gasteiger partial charge in [-0.05, 0) is 66.0 Å². The van der Waals surface area contributed by atoms with Crippen LogP contribution in [0.25, 0.3) is 0 Å². The van der Waals surface area contributed by atoms with Gasteiger partial charge in [0.05, 0.1) is 43.8 Å². The molecule has 1 aromatic carbocycles. The summed E-state index contributed by atoms with van der Waals surface area (Å²) in [5, 5.41) is 14.4. The number of fused-ring (bicyclic) bond motifs is 2. The Kier molecular flexibility index (Phi) is 9.92. The van der Waals surface area contributed by atoms with Gasteiger partial charge in [0, 0.05) is 37.0 Å². The molecule has 2 aliphatic heterocycles. The van der Waals surface area contributed by atoms with Crippen LogP contribution in [0.4, 0.5) is 16.2 Å². The Balaban J connectivity index is 1.55. The molecule has 3 heterocycles. The topological polar surface area (TPSA) is 149 Å². The molecule has 0 unspecified atom stereocenters. The van der Waals surface area contributed by atoms with Gasteiger partial charge < -0.3 is 38.8 Å². The first kappa shape index (κ1) is 35.6. The molecule has 1 aromatic heterocycles. The number of hydrogen-bond donors (Lipinski definition) is 2. The SMILES string of the molecule is COC(=O)C(C)(C)c1cc(NC(=O)C(C)(C)CCOc2cc3c(cc2OC)C(=O)N2CCC[C@H]2[C@H](O)N3C(=O)OC(C)(C)C)cn1C. The van der Waals surface area contributed by atoms with Crippen LogP contribution < -0.4 is 19.7 Å². The smallest absolute Gasteiger partial charge is 0.417 e. The van der Waals surface area contributed by atoms with Crippen molar-refractivity contribution in [1.29, 1.82) is 0 Å². The van der Waals surface area contributed by atoms with E-state index in [1.807, 2.05) is 0 Å². The Labute approximate surface area is 276 Å². The van der Waals surface area contributed by atoms with Crippen molar-refractivity contribution in [2.75, 3.05) is 37.6 Å². The highest BCUT2D eigenvalue weighted by Crippen LogP contribution is 2.42. The Hall–Kier alpha value is -4.26. The number of anilines is 2. The molecule has 0 spiro atoms. The molecule has 13 nitrogen and oxygen atoms in total. The van der Waals surface area contributed by atoms with E-state index in [1.165, 1.54) is 26.4 Å². The molecule has 0 aliphatic carbocycles. The van der Waals surface area contributed by atoms with E-state index in [2.05, 4.69) is 5.32 Å². The number of nitrogens with one attached hydrogen (secondary N) is 1. The maximum absolute atomic E-state index is 13.7. The van der Waals surface area contributed by atoms with Crippen molar-refractivity contribution >= 4 is 35.3 Å². The Bertz CT molecular complexity index is 1540. The minimum Gasteiger partial charge on any atom is -0.493 e. The first-order valence-corrected chi connectivity index (χ1v) is 15.7. The van der Waals surface area contributed by atoms with Crippen molar-refractivity contribution in [2.45, 2.75) is 91.0 Å². The van der Waals surface area contributed by atoms with E-state index in [1.54, 1.807) is 77.2 Å². The van der Waals surface area contributed by atoms with Crippen molar-refractivity contribution in [3.8, 4) is 11.5 Å². The summed E-state index contributed by atoms with van der Waals surface area (Å²) in [4.78, 5) is 55.5. The van der Waals surface area contributed by atoms with Gasteiger partial charge in [-0.3, -0.25) is 14.4 Å². The van der Waals surface area contributed by atoms with E-state index in [9.17, 15) is 24.3 Å². The fourth-order valence-corrected chi connectivity index (χ4v) is 5.98. The number of carbonyl (C=O) groups is 4. The zero-order chi connectivity index (χ0) is 35.1. The van der Waals surface area contributed by atoms with Crippen LogP contribution in [0.3, 0.4) is 0 Å². The summed E-state index contributed by atoms with van der Waals surface area (Å²) in [5.74, 6) is -0.477. The molecule has 2 aliphatic rings. The monoisotopic (exact) mass is 656 g/mol. The lowest BCUT2D eigenvalue weighted by atomic mass is 9.88. The van der Waals surface area contributed by atoms with E-state index in [4.69, 9.17) is 18.9 Å². The molecular weight excluding hydrogens is 608 g/mol. The number of aromatic nitrogens is 1. The van der Waals surface area contributed by atoms with Crippen molar-refractivity contribution in [1.82, 2.24) is 9.47 Å². The Morgan fingerprint density at radius 2 is 1.70 bits per heavy atom. The number of rotatable bonds is 9. The molecule has 4 rings (SSSR count). The van der Waals surface area contributed by atoms with Crippen LogP contribution >= 0.6 is 0 Å². The van der Waals surface area contributed by atoms with Crippen LogP contribution in [-0.4, -0.2) is 83.7 Å². The van der Waals surface area contributed by atoms with E-state index < -0.39 is 40.8 Å². The highest BCUT2D eigenvalue weighted by molar-refractivity contribution is 6.06. The van der Waals surface area contributed by atoms with Crippen molar-refractivity contribution in [2.24, 2.45) is 12.5 Å². The van der Waals surface area contributed by atoms with Crippen LogP contribution in [0.2, 0.25) is 0 Å². The molecule has 3 amide bonds. The number of aliphatic hydroxyl groups excluding tert-OH is 1. The van der Waals surface area contributed by atoms with Crippen LogP contribution in [0.15, 0.2) is 24.4 Å². The van der Waals surface area contributed by atoms with Gasteiger partial charge in [0.25, 0.3) is 5.91 Å². The van der Waals surface area contributed by atoms with Crippen molar-refractivity contribution in [3.05, 3.63) is 35.7 Å². The number of nitrogens with zero attached hydrogens (tertiary/aromatic N) is 3. The van der Waals surface area contributed by atoms with E-state index in [0.717, 1.165) is 4.90 Å². The molecule has 13 heteroatoms. The van der Waals surface area contributed by atoms with Crippen molar-refractivity contribution in [3.63, 3.8) is 0 Å². The number of amides is 3. The Morgan fingerprint density at radius 3 is 2.32 bits per heavy atom. The third kappa shape index (κ3) is 7.19. The molecule has 47 heavy (non-hydrogen) atoms. The lowest BCUT2D eigenvalue weighted by Crippen LogP contribution is -2.51. The third-order valence-electron chi connectivity index (χ3n) is 8.73. The Morgan fingerprint density at radius 1 is 1.02 bits per heavy atom. The van der Waals surface area contributed by atoms with Gasteiger partial charge in [0.2, 0.25) is 5.91 Å². The predicted octanol–water partition coefficient (Wildman–Crippen LogP) is 4.60. The normalized spacial score (nSPS) is 18.2. The molecule has 0 bridgehead atoms. The summed E-state index contributed by atoms with van der Waals surface area (Å²) >= 11 is 0. The summed E-state index contributed by atoms with van der Waals surface area (Å²) in [7, 11) is 4.58. The molecule has 1 saturated heterocycles. The number of carbonyl (C=O) groups excluding carboxylic acids is 4. The number of aliphatic hydroxyl groups is 1. The molecular formula is C34H48N4O9. The first-order valence-electron chi connectivity index (χ1n) is 15.7. The molecule has 258 valence electrons. The van der Waals surface area contributed by atoms with Crippen LogP contribution in [-0.2, 0) is 31.5 Å². The highest BCUT2D eigenvalue weighted by atomic mass is 16.6. The number of methoxy groups -OCH3 is 2. The standard InChI is InChI=1S/C34H48N4O9/c1-32(2,3)47-31(43)38-23-18-25(24(44-9)17-21(23)27(39)37-14-11-12-22(37)28(38)40)46-15-13-33(4,5)29(41)35-20-16-26(36(8)19-20)34(6,7)30(42)45-10/h16-19,22,28,40H,11-15H2,1-10H3,(H,35,41)/t22-,28-/m0/s1. The third-order valence-corrected chi connectivity index (χ3v) is 8.73. The zero-order valence-electron chi connectivity index (χ0n) is 29.1. The van der Waals surface area contributed by atoms with Gasteiger partial charge in [-0.25, -0.2) is 9.69 Å². The van der Waals surface area contributed by atoms with Crippen LogP contribution in [0.1, 0.15) is 83.8 Å². The fraction of sp³-hybridized carbons (Fsp3) is 0.588. The largest absolute Gasteiger partial charge is 0.493 e. The first-order chi connectivity index (χ1) is 21.8. The number of ether oxygens (including phenoxy) is 4. The van der Waals surface area contributed by atoms with E-state index in [-0.39, 0.29) is 41.2 Å². The van der Waals surface area contributed by atoms with Gasteiger partial charge in [-0.2, -0.15) is 0 Å². The van der Waals surface area contributed by atoms with Crippen LogP contribution in [0, 0.1) is 5.41 Å². The van der Waals surface area contributed by atoms with Gasteiger partial charge in [-0.1, -0.05) is 13.8 Å². The number of benzene rings is 1. The van der Waals surface area contributed by atoms with Gasteiger partial charge in [-0.15, -0.1) is 0 Å². The maximum Gasteiger partial charge on any atom is 0.417 e. The van der Waals surface area contributed by atoms with E-state index in [0.29, 0.717) is 37.2 Å². The number of aryl methyl sites for hydroxylation is 1. The zero-order valence-corrected chi connectivity index (χ0v) is 29.1. The molecule has 2 N–H and O–H groups in total. The second kappa shape index (κ2) is 13.1.